The lowest BCUT2D eigenvalue weighted by molar-refractivity contribution is -0.150. The highest BCUT2D eigenvalue weighted by Gasteiger charge is 2.36. The van der Waals surface area contributed by atoms with Crippen LogP contribution in [-0.4, -0.2) is 33.7 Å². The van der Waals surface area contributed by atoms with E-state index in [2.05, 4.69) is 0 Å². The van der Waals surface area contributed by atoms with E-state index in [9.17, 15) is 9.59 Å². The van der Waals surface area contributed by atoms with Gasteiger partial charge in [0.1, 0.15) is 18.1 Å². The number of hydrogen-bond donors (Lipinski definition) is 0. The molecule has 5 nitrogen and oxygen atoms in total. The van der Waals surface area contributed by atoms with E-state index in [1.807, 2.05) is 70.2 Å². The maximum Gasteiger partial charge on any atom is 0.242 e. The van der Waals surface area contributed by atoms with Crippen molar-refractivity contribution < 1.29 is 14.0 Å². The minimum absolute atomic E-state index is 0.0643. The van der Waals surface area contributed by atoms with Crippen LogP contribution < -0.4 is 0 Å². The first-order valence-electron chi connectivity index (χ1n) is 10.4. The van der Waals surface area contributed by atoms with Gasteiger partial charge in [-0.15, -0.1) is 0 Å². The molecule has 1 saturated carbocycles. The molecule has 1 aliphatic rings. The SMILES string of the molecule is Cc1ccc(CN(Cc2ccccc2)C(=O)CN(C(=O)C2CCC2)C(C)(C)C)o1. The molecule has 1 aromatic heterocycles. The highest BCUT2D eigenvalue weighted by Crippen LogP contribution is 2.30. The second kappa shape index (κ2) is 8.85. The number of carbonyl (C=O) groups excluding carboxylic acids is 2. The van der Waals surface area contributed by atoms with E-state index in [0.29, 0.717) is 13.1 Å². The molecule has 0 atom stereocenters. The van der Waals surface area contributed by atoms with Gasteiger partial charge in [-0.2, -0.15) is 0 Å². The standard InChI is InChI=1S/C24H32N2O3/c1-18-13-14-21(29-18)16-25(15-19-9-6-5-7-10-19)22(27)17-26(24(2,3)4)23(28)20-11-8-12-20/h5-7,9-10,13-14,20H,8,11-12,15-17H2,1-4H3. The molecule has 1 aromatic carbocycles. The lowest BCUT2D eigenvalue weighted by Gasteiger charge is -2.40. The Labute approximate surface area is 173 Å². The minimum Gasteiger partial charge on any atom is -0.464 e. The van der Waals surface area contributed by atoms with Gasteiger partial charge in [0.05, 0.1) is 6.54 Å². The van der Waals surface area contributed by atoms with Crippen molar-refractivity contribution in [1.82, 2.24) is 9.80 Å². The van der Waals surface area contributed by atoms with Gasteiger partial charge >= 0.3 is 0 Å². The smallest absolute Gasteiger partial charge is 0.242 e. The van der Waals surface area contributed by atoms with Crippen LogP contribution in [0.2, 0.25) is 0 Å². The Morgan fingerprint density at radius 1 is 1.03 bits per heavy atom. The summed E-state index contributed by atoms with van der Waals surface area (Å²) < 4.78 is 5.71. The number of hydrogen-bond acceptors (Lipinski definition) is 3. The topological polar surface area (TPSA) is 53.8 Å². The van der Waals surface area contributed by atoms with Gasteiger partial charge in [-0.3, -0.25) is 9.59 Å². The fourth-order valence-electron chi connectivity index (χ4n) is 3.55. The number of carbonyl (C=O) groups is 2. The van der Waals surface area contributed by atoms with Crippen molar-refractivity contribution >= 4 is 11.8 Å². The van der Waals surface area contributed by atoms with Gasteiger partial charge in [-0.1, -0.05) is 36.8 Å². The van der Waals surface area contributed by atoms with E-state index < -0.39 is 5.54 Å². The van der Waals surface area contributed by atoms with E-state index in [1.54, 1.807) is 9.80 Å². The predicted octanol–water partition coefficient (Wildman–Crippen LogP) is 4.54. The molecule has 0 N–H and O–H groups in total. The van der Waals surface area contributed by atoms with Crippen molar-refractivity contribution in [2.75, 3.05) is 6.54 Å². The van der Waals surface area contributed by atoms with Crippen LogP contribution in [0.3, 0.4) is 0 Å². The zero-order chi connectivity index (χ0) is 21.0. The third kappa shape index (κ3) is 5.49. The highest BCUT2D eigenvalue weighted by atomic mass is 16.3. The average Bonchev–Trinajstić information content (AvgIpc) is 3.02. The molecule has 3 rings (SSSR count). The summed E-state index contributed by atoms with van der Waals surface area (Å²) in [5, 5.41) is 0. The number of furan rings is 1. The van der Waals surface area contributed by atoms with Crippen LogP contribution in [-0.2, 0) is 22.7 Å². The van der Waals surface area contributed by atoms with Crippen molar-refractivity contribution in [1.29, 1.82) is 0 Å². The summed E-state index contributed by atoms with van der Waals surface area (Å²) in [5.41, 5.74) is 0.652. The molecule has 1 fully saturated rings. The summed E-state index contributed by atoms with van der Waals surface area (Å²) in [6.07, 6.45) is 2.96. The fourth-order valence-corrected chi connectivity index (χ4v) is 3.55. The Hall–Kier alpha value is -2.56. The van der Waals surface area contributed by atoms with Gasteiger partial charge in [-0.05, 0) is 58.2 Å². The van der Waals surface area contributed by atoms with Gasteiger partial charge < -0.3 is 14.2 Å². The molecule has 2 aromatic rings. The van der Waals surface area contributed by atoms with Crippen LogP contribution in [0.5, 0.6) is 0 Å². The zero-order valence-corrected chi connectivity index (χ0v) is 18.0. The largest absolute Gasteiger partial charge is 0.464 e. The fraction of sp³-hybridized carbons (Fsp3) is 0.500. The molecule has 0 bridgehead atoms. The van der Waals surface area contributed by atoms with Crippen LogP contribution >= 0.6 is 0 Å². The van der Waals surface area contributed by atoms with Gasteiger partial charge in [0.15, 0.2) is 0 Å². The quantitative estimate of drug-likeness (QED) is 0.690. The Morgan fingerprint density at radius 2 is 1.72 bits per heavy atom. The Morgan fingerprint density at radius 3 is 2.24 bits per heavy atom. The number of benzene rings is 1. The van der Waals surface area contributed by atoms with Crippen LogP contribution in [0.15, 0.2) is 46.9 Å². The van der Waals surface area contributed by atoms with Crippen LogP contribution in [0, 0.1) is 12.8 Å². The molecular weight excluding hydrogens is 364 g/mol. The maximum atomic E-state index is 13.3. The van der Waals surface area contributed by atoms with Crippen molar-refractivity contribution in [3.05, 3.63) is 59.5 Å². The summed E-state index contributed by atoms with van der Waals surface area (Å²) in [5.74, 6) is 1.68. The zero-order valence-electron chi connectivity index (χ0n) is 18.0. The number of nitrogens with zero attached hydrogens (tertiary/aromatic N) is 2. The summed E-state index contributed by atoms with van der Waals surface area (Å²) in [7, 11) is 0. The molecule has 0 radical (unpaired) electrons. The lowest BCUT2D eigenvalue weighted by atomic mass is 9.83. The monoisotopic (exact) mass is 396 g/mol. The van der Waals surface area contributed by atoms with Crippen molar-refractivity contribution in [3.8, 4) is 0 Å². The lowest BCUT2D eigenvalue weighted by Crippen LogP contribution is -2.53. The number of rotatable bonds is 7. The normalized spacial score (nSPS) is 14.3. The third-order valence-corrected chi connectivity index (χ3v) is 5.54. The van der Waals surface area contributed by atoms with E-state index in [0.717, 1.165) is 36.3 Å². The van der Waals surface area contributed by atoms with Gasteiger partial charge in [0.25, 0.3) is 0 Å². The average molecular weight is 397 g/mol. The molecule has 0 unspecified atom stereocenters. The molecule has 0 aliphatic heterocycles. The van der Waals surface area contributed by atoms with Gasteiger partial charge in [0.2, 0.25) is 11.8 Å². The third-order valence-electron chi connectivity index (χ3n) is 5.54. The van der Waals surface area contributed by atoms with E-state index >= 15 is 0 Å². The first-order valence-corrected chi connectivity index (χ1v) is 10.4. The molecule has 156 valence electrons. The number of aryl methyl sites for hydroxylation is 1. The molecule has 29 heavy (non-hydrogen) atoms. The first-order chi connectivity index (χ1) is 13.7. The molecule has 0 spiro atoms. The minimum atomic E-state index is -0.401. The Kier molecular flexibility index (Phi) is 6.46. The van der Waals surface area contributed by atoms with Crippen molar-refractivity contribution in [3.63, 3.8) is 0 Å². The van der Waals surface area contributed by atoms with Crippen molar-refractivity contribution in [2.24, 2.45) is 5.92 Å². The van der Waals surface area contributed by atoms with Crippen molar-refractivity contribution in [2.45, 2.75) is 65.6 Å². The highest BCUT2D eigenvalue weighted by molar-refractivity contribution is 5.87. The second-order valence-electron chi connectivity index (χ2n) is 8.97. The van der Waals surface area contributed by atoms with Gasteiger partial charge in [-0.25, -0.2) is 0 Å². The molecular formula is C24H32N2O3. The Bertz CT molecular complexity index is 831. The molecule has 1 heterocycles. The van der Waals surface area contributed by atoms with Crippen LogP contribution in [0.1, 0.15) is 57.1 Å². The summed E-state index contributed by atoms with van der Waals surface area (Å²) in [6.45, 7) is 8.83. The molecule has 5 heteroatoms. The molecule has 0 saturated heterocycles. The molecule has 2 amide bonds. The summed E-state index contributed by atoms with van der Waals surface area (Å²) >= 11 is 0. The predicted molar refractivity (Wildman–Crippen MR) is 113 cm³/mol. The first kappa shape index (κ1) is 21.2. The van der Waals surface area contributed by atoms with Crippen LogP contribution in [0.25, 0.3) is 0 Å². The second-order valence-corrected chi connectivity index (χ2v) is 8.97. The number of amides is 2. The molecule has 1 aliphatic carbocycles. The van der Waals surface area contributed by atoms with Crippen LogP contribution in [0.4, 0.5) is 0 Å². The van der Waals surface area contributed by atoms with E-state index in [4.69, 9.17) is 4.42 Å². The summed E-state index contributed by atoms with van der Waals surface area (Å²) in [4.78, 5) is 29.9. The summed E-state index contributed by atoms with van der Waals surface area (Å²) in [6, 6.07) is 13.7. The maximum absolute atomic E-state index is 13.3. The van der Waals surface area contributed by atoms with E-state index in [1.165, 1.54) is 0 Å². The van der Waals surface area contributed by atoms with E-state index in [-0.39, 0.29) is 24.3 Å². The van der Waals surface area contributed by atoms with Gasteiger partial charge in [0, 0.05) is 18.0 Å². The Balaban J connectivity index is 1.78.